The number of H-pyrrole nitrogens is 1. The van der Waals surface area contributed by atoms with Crippen LogP contribution in [0.1, 0.15) is 16.7 Å². The molecule has 0 saturated heterocycles. The summed E-state index contributed by atoms with van der Waals surface area (Å²) in [6.45, 7) is 4.10. The average Bonchev–Trinajstić information content (AvgIpc) is 3.24. The monoisotopic (exact) mass is 329 g/mol. The highest BCUT2D eigenvalue weighted by Gasteiger charge is 2.21. The Hall–Kier alpha value is -3.59. The molecule has 0 saturated carbocycles. The van der Waals surface area contributed by atoms with Crippen LogP contribution < -0.4 is 5.73 Å². The van der Waals surface area contributed by atoms with Crippen LogP contribution in [0.15, 0.2) is 41.1 Å². The summed E-state index contributed by atoms with van der Waals surface area (Å²) in [5.41, 5.74) is 11.8. The van der Waals surface area contributed by atoms with Crippen molar-refractivity contribution in [3.05, 3.63) is 53.4 Å². The van der Waals surface area contributed by atoms with Crippen molar-refractivity contribution in [1.29, 1.82) is 5.26 Å². The van der Waals surface area contributed by atoms with E-state index in [9.17, 15) is 5.26 Å². The third-order valence-corrected chi connectivity index (χ3v) is 4.33. The number of nitrogens with one attached hydrogen (secondary N) is 1. The first kappa shape index (κ1) is 15.0. The molecular weight excluding hydrogens is 314 g/mol. The van der Waals surface area contributed by atoms with Crippen LogP contribution in [0.3, 0.4) is 0 Å². The van der Waals surface area contributed by atoms with Gasteiger partial charge in [0.05, 0.1) is 34.0 Å². The number of anilines is 1. The van der Waals surface area contributed by atoms with Crippen LogP contribution in [0.5, 0.6) is 0 Å². The van der Waals surface area contributed by atoms with E-state index in [1.165, 1.54) is 11.8 Å². The summed E-state index contributed by atoms with van der Waals surface area (Å²) >= 11 is 0. The molecule has 3 heterocycles. The molecule has 4 aromatic rings. The molecular formula is C19H15N5O. The maximum atomic E-state index is 9.49. The first-order valence-electron chi connectivity index (χ1n) is 7.78. The van der Waals surface area contributed by atoms with Crippen molar-refractivity contribution in [1.82, 2.24) is 15.0 Å². The lowest BCUT2D eigenvalue weighted by Crippen LogP contribution is -2.00. The van der Waals surface area contributed by atoms with Crippen LogP contribution in [0.2, 0.25) is 0 Å². The minimum absolute atomic E-state index is 0.290. The zero-order chi connectivity index (χ0) is 17.6. The summed E-state index contributed by atoms with van der Waals surface area (Å²) in [4.78, 5) is 12.1. The molecule has 0 radical (unpaired) electrons. The minimum atomic E-state index is 0.290. The van der Waals surface area contributed by atoms with Gasteiger partial charge in [-0.1, -0.05) is 0 Å². The van der Waals surface area contributed by atoms with Gasteiger partial charge in [0.2, 0.25) is 0 Å². The molecule has 0 aliphatic heterocycles. The number of fused-ring (bicyclic) bond motifs is 1. The maximum absolute atomic E-state index is 9.49. The number of benzene rings is 1. The third-order valence-electron chi connectivity index (χ3n) is 4.33. The highest BCUT2D eigenvalue weighted by molar-refractivity contribution is 5.91. The molecule has 1 aromatic carbocycles. The molecule has 0 bridgehead atoms. The van der Waals surface area contributed by atoms with Gasteiger partial charge in [-0.3, -0.25) is 0 Å². The number of nitrogens with two attached hydrogens (primary N) is 1. The van der Waals surface area contributed by atoms with Crippen molar-refractivity contribution in [3.8, 4) is 28.8 Å². The second kappa shape index (κ2) is 5.49. The molecule has 3 N–H and O–H groups in total. The highest BCUT2D eigenvalue weighted by Crippen LogP contribution is 2.37. The normalized spacial score (nSPS) is 10.9. The summed E-state index contributed by atoms with van der Waals surface area (Å²) in [6.07, 6.45) is 3.01. The molecule has 25 heavy (non-hydrogen) atoms. The van der Waals surface area contributed by atoms with E-state index in [1.807, 2.05) is 19.1 Å². The summed E-state index contributed by atoms with van der Waals surface area (Å²) in [5, 5.41) is 9.49. The van der Waals surface area contributed by atoms with Gasteiger partial charge in [0.15, 0.2) is 0 Å². The number of nitrogen functional groups attached to an aromatic ring is 1. The molecule has 0 aliphatic carbocycles. The molecule has 122 valence electrons. The van der Waals surface area contributed by atoms with Gasteiger partial charge < -0.3 is 15.1 Å². The lowest BCUT2D eigenvalue weighted by Gasteiger charge is -2.09. The van der Waals surface area contributed by atoms with Gasteiger partial charge in [0, 0.05) is 6.20 Å². The topological polar surface area (TPSA) is 105 Å². The van der Waals surface area contributed by atoms with Gasteiger partial charge in [-0.25, -0.2) is 9.97 Å². The number of nitriles is 1. The Bertz CT molecular complexity index is 1090. The van der Waals surface area contributed by atoms with Gasteiger partial charge in [0.1, 0.15) is 23.5 Å². The van der Waals surface area contributed by atoms with Crippen molar-refractivity contribution >= 4 is 16.9 Å². The Morgan fingerprint density at radius 2 is 2.00 bits per heavy atom. The van der Waals surface area contributed by atoms with E-state index in [0.717, 1.165) is 16.6 Å². The van der Waals surface area contributed by atoms with Crippen LogP contribution in [0.4, 0.5) is 5.82 Å². The first-order chi connectivity index (χ1) is 12.1. The molecule has 0 unspecified atom stereocenters. The van der Waals surface area contributed by atoms with E-state index in [0.29, 0.717) is 28.3 Å². The maximum Gasteiger partial charge on any atom is 0.143 e. The van der Waals surface area contributed by atoms with E-state index < -0.39 is 0 Å². The van der Waals surface area contributed by atoms with E-state index in [4.69, 9.17) is 10.2 Å². The fourth-order valence-corrected chi connectivity index (χ4v) is 2.92. The second-order valence-electron chi connectivity index (χ2n) is 5.94. The summed E-state index contributed by atoms with van der Waals surface area (Å²) < 4.78 is 5.52. The zero-order valence-corrected chi connectivity index (χ0v) is 13.8. The minimum Gasteiger partial charge on any atom is -0.464 e. The zero-order valence-electron chi connectivity index (χ0n) is 13.8. The van der Waals surface area contributed by atoms with Gasteiger partial charge in [-0.05, 0) is 49.2 Å². The number of aromatic nitrogens is 3. The van der Waals surface area contributed by atoms with Crippen molar-refractivity contribution in [2.45, 2.75) is 13.8 Å². The largest absolute Gasteiger partial charge is 0.464 e. The molecule has 3 aromatic heterocycles. The third kappa shape index (κ3) is 2.34. The lowest BCUT2D eigenvalue weighted by molar-refractivity contribution is 0.582. The predicted octanol–water partition coefficient (Wildman–Crippen LogP) is 3.96. The number of imidazole rings is 1. The first-order valence-corrected chi connectivity index (χ1v) is 7.78. The summed E-state index contributed by atoms with van der Waals surface area (Å²) in [6, 6.07) is 9.78. The van der Waals surface area contributed by atoms with Gasteiger partial charge in [-0.2, -0.15) is 5.26 Å². The SMILES string of the molecule is Cc1cc2nc(-c3c(N)ncc(C#N)c3-c3ccco3)[nH]c2cc1C. The number of aromatic amines is 1. The number of rotatable bonds is 2. The Labute approximate surface area is 143 Å². The number of nitrogens with zero attached hydrogens (tertiary/aromatic N) is 3. The second-order valence-corrected chi connectivity index (χ2v) is 5.94. The van der Waals surface area contributed by atoms with E-state index in [2.05, 4.69) is 27.9 Å². The number of furan rings is 1. The van der Waals surface area contributed by atoms with Gasteiger partial charge in [0.25, 0.3) is 0 Å². The van der Waals surface area contributed by atoms with Crippen LogP contribution in [-0.4, -0.2) is 15.0 Å². The van der Waals surface area contributed by atoms with E-state index >= 15 is 0 Å². The Balaban J connectivity index is 2.04. The van der Waals surface area contributed by atoms with Crippen molar-refractivity contribution < 1.29 is 4.42 Å². The van der Waals surface area contributed by atoms with E-state index in [1.54, 1.807) is 18.4 Å². The van der Waals surface area contributed by atoms with E-state index in [-0.39, 0.29) is 5.82 Å². The molecule has 4 rings (SSSR count). The number of aryl methyl sites for hydroxylation is 2. The fraction of sp³-hybridized carbons (Fsp3) is 0.105. The molecule has 6 heteroatoms. The van der Waals surface area contributed by atoms with Crippen molar-refractivity contribution in [3.63, 3.8) is 0 Å². The van der Waals surface area contributed by atoms with Crippen LogP contribution in [-0.2, 0) is 0 Å². The summed E-state index contributed by atoms with van der Waals surface area (Å²) in [5.74, 6) is 1.40. The lowest BCUT2D eigenvalue weighted by atomic mass is 10.0. The average molecular weight is 329 g/mol. The molecule has 6 nitrogen and oxygen atoms in total. The Morgan fingerprint density at radius 1 is 1.20 bits per heavy atom. The molecule has 0 aliphatic rings. The van der Waals surface area contributed by atoms with Crippen LogP contribution in [0, 0.1) is 25.2 Å². The number of hydrogen-bond acceptors (Lipinski definition) is 5. The fourth-order valence-electron chi connectivity index (χ4n) is 2.92. The molecule has 0 amide bonds. The quantitative estimate of drug-likeness (QED) is 0.579. The van der Waals surface area contributed by atoms with Crippen LogP contribution >= 0.6 is 0 Å². The Morgan fingerprint density at radius 3 is 2.72 bits per heavy atom. The summed E-state index contributed by atoms with van der Waals surface area (Å²) in [7, 11) is 0. The smallest absolute Gasteiger partial charge is 0.143 e. The Kier molecular flexibility index (Phi) is 3.29. The van der Waals surface area contributed by atoms with Crippen LogP contribution in [0.25, 0.3) is 33.7 Å². The predicted molar refractivity (Wildman–Crippen MR) is 95.6 cm³/mol. The number of hydrogen-bond donors (Lipinski definition) is 2. The highest BCUT2D eigenvalue weighted by atomic mass is 16.3. The standard InChI is InChI=1S/C19H15N5O/c1-10-6-13-14(7-11(10)2)24-19(23-13)17-16(15-4-3-5-25-15)12(8-20)9-22-18(17)21/h3-7,9H,1-2H3,(H2,21,22)(H,23,24). The van der Waals surface area contributed by atoms with Gasteiger partial charge >= 0.3 is 0 Å². The van der Waals surface area contributed by atoms with Crippen molar-refractivity contribution in [2.24, 2.45) is 0 Å². The molecule has 0 atom stereocenters. The number of pyridine rings is 1. The molecule has 0 spiro atoms. The van der Waals surface area contributed by atoms with Crippen molar-refractivity contribution in [2.75, 3.05) is 5.73 Å². The molecule has 0 fully saturated rings. The van der Waals surface area contributed by atoms with Gasteiger partial charge in [-0.15, -0.1) is 0 Å².